The Morgan fingerprint density at radius 1 is 0.446 bits per heavy atom. The van der Waals surface area contributed by atoms with Crippen LogP contribution in [0.4, 0.5) is 0 Å². The molecule has 0 aromatic rings. The van der Waals surface area contributed by atoms with Crippen LogP contribution in [-0.2, 0) is 14.3 Å². The van der Waals surface area contributed by atoms with Crippen LogP contribution in [0.15, 0.2) is 12.2 Å². The molecule has 0 bridgehead atoms. The lowest BCUT2D eigenvalue weighted by atomic mass is 9.99. The Labute approximate surface area is 458 Å². The first-order valence-corrected chi connectivity index (χ1v) is 32.9. The summed E-state index contributed by atoms with van der Waals surface area (Å²) in [5.41, 5.74) is 0. The number of carbonyl (C=O) groups excluding carboxylic acids is 1. The Balaban J connectivity index is 2.03. The number of ether oxygens (including phenoxy) is 2. The third kappa shape index (κ3) is 43.9. The lowest BCUT2D eigenvalue weighted by molar-refractivity contribution is -0.302. The average Bonchev–Trinajstić information content (AvgIpc) is 3.40. The van der Waals surface area contributed by atoms with Gasteiger partial charge in [-0.25, -0.2) is 0 Å². The van der Waals surface area contributed by atoms with Crippen molar-refractivity contribution >= 4 is 5.91 Å². The predicted molar refractivity (Wildman–Crippen MR) is 314 cm³/mol. The van der Waals surface area contributed by atoms with Crippen LogP contribution in [0.2, 0.25) is 0 Å². The highest BCUT2D eigenvalue weighted by molar-refractivity contribution is 5.76. The molecule has 6 N–H and O–H groups in total. The number of rotatable bonds is 58. The van der Waals surface area contributed by atoms with E-state index in [1.165, 1.54) is 283 Å². The highest BCUT2D eigenvalue weighted by Gasteiger charge is 2.44. The molecule has 1 saturated heterocycles. The van der Waals surface area contributed by atoms with Gasteiger partial charge < -0.3 is 40.3 Å². The number of nitrogens with one attached hydrogen (secondary N) is 1. The molecule has 0 radical (unpaired) electrons. The summed E-state index contributed by atoms with van der Waals surface area (Å²) in [6.45, 7) is 3.82. The van der Waals surface area contributed by atoms with Crippen molar-refractivity contribution in [2.75, 3.05) is 13.2 Å². The number of amides is 1. The molecular formula is C65H127NO8. The van der Waals surface area contributed by atoms with Gasteiger partial charge in [0, 0.05) is 6.42 Å². The van der Waals surface area contributed by atoms with Crippen LogP contribution in [0.5, 0.6) is 0 Å². The molecule has 0 aromatic carbocycles. The maximum Gasteiger partial charge on any atom is 0.220 e. The topological polar surface area (TPSA) is 149 Å². The first-order chi connectivity index (χ1) is 36.3. The molecule has 1 heterocycles. The van der Waals surface area contributed by atoms with Crippen molar-refractivity contribution in [3.63, 3.8) is 0 Å². The van der Waals surface area contributed by atoms with Crippen LogP contribution in [-0.4, -0.2) is 87.5 Å². The van der Waals surface area contributed by atoms with Crippen molar-refractivity contribution in [2.45, 2.75) is 384 Å². The van der Waals surface area contributed by atoms with Gasteiger partial charge in [0.1, 0.15) is 24.4 Å². The molecule has 9 heteroatoms. The van der Waals surface area contributed by atoms with Gasteiger partial charge in [-0.1, -0.05) is 328 Å². The van der Waals surface area contributed by atoms with Crippen molar-refractivity contribution in [1.29, 1.82) is 0 Å². The van der Waals surface area contributed by atoms with Gasteiger partial charge in [0.05, 0.1) is 25.4 Å². The SMILES string of the molecule is CCCCCCCCCCCCCC/C=C/C(O)C(COC1OC(CO)C(O)C(O)C1O)NC(=O)CCCCCCCCCCCCCCCCCCCCCCCCCCCCCCCCCCCCCCC. The molecule has 1 aliphatic rings. The summed E-state index contributed by atoms with van der Waals surface area (Å²) in [5.74, 6) is -0.169. The summed E-state index contributed by atoms with van der Waals surface area (Å²) in [5, 5.41) is 54.5. The van der Waals surface area contributed by atoms with Crippen molar-refractivity contribution in [1.82, 2.24) is 5.32 Å². The lowest BCUT2D eigenvalue weighted by Crippen LogP contribution is -2.60. The van der Waals surface area contributed by atoms with Crippen LogP contribution in [0.25, 0.3) is 0 Å². The molecule has 0 saturated carbocycles. The van der Waals surface area contributed by atoms with Gasteiger partial charge in [-0.3, -0.25) is 4.79 Å². The second kappa shape index (κ2) is 55.3. The molecule has 7 unspecified atom stereocenters. The summed E-state index contributed by atoms with van der Waals surface area (Å²) in [7, 11) is 0. The smallest absolute Gasteiger partial charge is 0.220 e. The van der Waals surface area contributed by atoms with Crippen LogP contribution < -0.4 is 5.32 Å². The van der Waals surface area contributed by atoms with E-state index in [2.05, 4.69) is 19.2 Å². The second-order valence-electron chi connectivity index (χ2n) is 23.3. The van der Waals surface area contributed by atoms with Crippen molar-refractivity contribution in [3.05, 3.63) is 12.2 Å². The molecule has 0 aliphatic carbocycles. The number of unbranched alkanes of at least 4 members (excludes halogenated alkanes) is 48. The first-order valence-electron chi connectivity index (χ1n) is 32.9. The minimum absolute atomic E-state index is 0.169. The number of allylic oxidation sites excluding steroid dienone is 1. The van der Waals surface area contributed by atoms with E-state index in [0.29, 0.717) is 6.42 Å². The van der Waals surface area contributed by atoms with E-state index in [1.807, 2.05) is 6.08 Å². The van der Waals surface area contributed by atoms with Crippen molar-refractivity contribution in [2.24, 2.45) is 0 Å². The second-order valence-corrected chi connectivity index (χ2v) is 23.3. The van der Waals surface area contributed by atoms with Gasteiger partial charge >= 0.3 is 0 Å². The minimum Gasteiger partial charge on any atom is -0.394 e. The molecule has 1 aliphatic heterocycles. The lowest BCUT2D eigenvalue weighted by Gasteiger charge is -2.40. The number of aliphatic hydroxyl groups is 5. The van der Waals surface area contributed by atoms with Gasteiger partial charge in [0.25, 0.3) is 0 Å². The van der Waals surface area contributed by atoms with E-state index < -0.39 is 49.5 Å². The van der Waals surface area contributed by atoms with Crippen LogP contribution in [0, 0.1) is 0 Å². The number of carbonyl (C=O) groups is 1. The standard InChI is InChI=1S/C65H127NO8/c1-3-5-7-9-11-13-15-17-19-20-21-22-23-24-25-26-27-28-29-30-31-32-33-34-35-36-37-38-39-40-41-43-45-47-49-51-53-55-61(69)66-58(57-73-65-64(72)63(71)62(70)60(56-67)74-65)59(68)54-52-50-48-46-44-42-18-16-14-12-10-8-6-4-2/h52,54,58-60,62-65,67-68,70-72H,3-51,53,55-57H2,1-2H3,(H,66,69)/b54-52+. The number of aliphatic hydroxyl groups excluding tert-OH is 5. The maximum atomic E-state index is 13.1. The average molecular weight is 1050 g/mol. The third-order valence-corrected chi connectivity index (χ3v) is 16.1. The number of hydrogen-bond acceptors (Lipinski definition) is 8. The summed E-state index contributed by atoms with van der Waals surface area (Å²) in [4.78, 5) is 13.1. The normalized spacial score (nSPS) is 18.9. The fourth-order valence-electron chi connectivity index (χ4n) is 10.9. The van der Waals surface area contributed by atoms with E-state index in [1.54, 1.807) is 6.08 Å². The zero-order valence-electron chi connectivity index (χ0n) is 49.1. The molecular weight excluding hydrogens is 923 g/mol. The Bertz CT molecular complexity index is 1170. The van der Waals surface area contributed by atoms with Crippen LogP contribution >= 0.6 is 0 Å². The minimum atomic E-state index is -1.56. The molecule has 74 heavy (non-hydrogen) atoms. The van der Waals surface area contributed by atoms with Crippen LogP contribution in [0.3, 0.4) is 0 Å². The fraction of sp³-hybridized carbons (Fsp3) is 0.954. The zero-order valence-corrected chi connectivity index (χ0v) is 49.1. The molecule has 0 aromatic heterocycles. The summed E-state index contributed by atoms with van der Waals surface area (Å²) < 4.78 is 11.3. The van der Waals surface area contributed by atoms with Gasteiger partial charge in [-0.15, -0.1) is 0 Å². The number of hydrogen-bond donors (Lipinski definition) is 6. The van der Waals surface area contributed by atoms with Gasteiger partial charge in [-0.2, -0.15) is 0 Å². The molecule has 9 nitrogen and oxygen atoms in total. The predicted octanol–water partition coefficient (Wildman–Crippen LogP) is 17.1. The molecule has 1 amide bonds. The van der Waals surface area contributed by atoms with Gasteiger partial charge in [0.15, 0.2) is 6.29 Å². The first kappa shape index (κ1) is 70.9. The van der Waals surface area contributed by atoms with E-state index >= 15 is 0 Å². The Morgan fingerprint density at radius 2 is 0.743 bits per heavy atom. The van der Waals surface area contributed by atoms with Gasteiger partial charge in [-0.05, 0) is 19.3 Å². The van der Waals surface area contributed by atoms with Crippen LogP contribution in [0.1, 0.15) is 341 Å². The Kier molecular flexibility index (Phi) is 53.0. The summed E-state index contributed by atoms with van der Waals surface area (Å²) >= 11 is 0. The highest BCUT2D eigenvalue weighted by Crippen LogP contribution is 2.23. The monoisotopic (exact) mass is 1050 g/mol. The summed E-state index contributed by atoms with van der Waals surface area (Å²) in [6.07, 6.45) is 63.3. The zero-order chi connectivity index (χ0) is 53.6. The van der Waals surface area contributed by atoms with E-state index in [4.69, 9.17) is 9.47 Å². The Hall–Kier alpha value is -1.07. The van der Waals surface area contributed by atoms with E-state index in [0.717, 1.165) is 38.5 Å². The van der Waals surface area contributed by atoms with Crippen molar-refractivity contribution < 1.29 is 39.8 Å². The molecule has 0 spiro atoms. The molecule has 1 fully saturated rings. The maximum absolute atomic E-state index is 13.1. The molecule has 1 rings (SSSR count). The third-order valence-electron chi connectivity index (χ3n) is 16.1. The molecule has 440 valence electrons. The molecule has 7 atom stereocenters. The highest BCUT2D eigenvalue weighted by atomic mass is 16.7. The Morgan fingerprint density at radius 3 is 1.05 bits per heavy atom. The summed E-state index contributed by atoms with van der Waals surface area (Å²) in [6, 6.07) is -0.800. The van der Waals surface area contributed by atoms with E-state index in [9.17, 15) is 30.3 Å². The quantitative estimate of drug-likeness (QED) is 0.0261. The van der Waals surface area contributed by atoms with Crippen molar-refractivity contribution in [3.8, 4) is 0 Å². The van der Waals surface area contributed by atoms with E-state index in [-0.39, 0.29) is 12.5 Å². The fourth-order valence-corrected chi connectivity index (χ4v) is 10.9. The van der Waals surface area contributed by atoms with Gasteiger partial charge in [0.2, 0.25) is 5.91 Å². The largest absolute Gasteiger partial charge is 0.394 e.